The standard InChI is InChI=1S/C24H29N5O3.2Li/c1-4-5-10-21(30)29(22(16(2)3)24(31)32)15-17-11-13-18(14-12-17)19-8-6-7-9-20(19)23-25-27-28-26-23;;/h6-9,11-14,16,22H,4-5,10,15H2,1-3H3,(H2,25,26,27,28,31,32);;/q;2*+1/p-2/t22-;;/m0../s1. The van der Waals surface area contributed by atoms with E-state index in [4.69, 9.17) is 0 Å². The van der Waals surface area contributed by atoms with Crippen LogP contribution >= 0.6 is 0 Å². The molecule has 1 amide bonds. The van der Waals surface area contributed by atoms with Crippen LogP contribution in [-0.4, -0.2) is 38.3 Å². The normalized spacial score (nSPS) is 11.3. The van der Waals surface area contributed by atoms with Crippen molar-refractivity contribution in [3.05, 3.63) is 54.1 Å². The summed E-state index contributed by atoms with van der Waals surface area (Å²) in [6.07, 6.45) is 1.90. The molecule has 0 aliphatic carbocycles. The van der Waals surface area contributed by atoms with Crippen molar-refractivity contribution in [3.8, 4) is 22.5 Å². The largest absolute Gasteiger partial charge is 1.00 e. The molecule has 1 atom stereocenters. The Morgan fingerprint density at radius 3 is 2.21 bits per heavy atom. The number of hydrogen-bond acceptors (Lipinski definition) is 6. The summed E-state index contributed by atoms with van der Waals surface area (Å²) in [5, 5.41) is 26.8. The summed E-state index contributed by atoms with van der Waals surface area (Å²) in [6, 6.07) is 14.4. The van der Waals surface area contributed by atoms with E-state index in [0.29, 0.717) is 12.2 Å². The van der Waals surface area contributed by atoms with E-state index < -0.39 is 12.0 Å². The second kappa shape index (κ2) is 14.1. The third kappa shape index (κ3) is 7.32. The Morgan fingerprint density at radius 1 is 1.03 bits per heavy atom. The van der Waals surface area contributed by atoms with Crippen LogP contribution < -0.4 is 47.9 Å². The van der Waals surface area contributed by atoms with E-state index in [0.717, 1.165) is 35.1 Å². The van der Waals surface area contributed by atoms with Gasteiger partial charge in [0.2, 0.25) is 5.91 Å². The van der Waals surface area contributed by atoms with Gasteiger partial charge in [0.25, 0.3) is 0 Å². The van der Waals surface area contributed by atoms with Gasteiger partial charge in [-0.3, -0.25) is 15.1 Å². The van der Waals surface area contributed by atoms with Gasteiger partial charge in [-0.15, -0.1) is 0 Å². The average molecular weight is 447 g/mol. The summed E-state index contributed by atoms with van der Waals surface area (Å²) < 4.78 is 0. The molecule has 1 aromatic heterocycles. The van der Waals surface area contributed by atoms with E-state index in [1.54, 1.807) is 13.8 Å². The van der Waals surface area contributed by atoms with Crippen LogP contribution in [0.25, 0.3) is 22.5 Å². The number of carboxylic acid groups (broad SMARTS) is 1. The van der Waals surface area contributed by atoms with Gasteiger partial charge in [-0.05, 0) is 34.6 Å². The number of hydrogen-bond donors (Lipinski definition) is 0. The molecule has 10 heteroatoms. The molecule has 0 aliphatic heterocycles. The van der Waals surface area contributed by atoms with E-state index in [9.17, 15) is 14.7 Å². The van der Waals surface area contributed by atoms with Crippen molar-refractivity contribution in [2.75, 3.05) is 0 Å². The van der Waals surface area contributed by atoms with Crippen LogP contribution in [0.5, 0.6) is 0 Å². The zero-order valence-corrected chi connectivity index (χ0v) is 20.6. The Bertz CT molecular complexity index is 1040. The van der Waals surface area contributed by atoms with Crippen LogP contribution in [0.15, 0.2) is 48.5 Å². The van der Waals surface area contributed by atoms with Gasteiger partial charge in [-0.2, -0.15) is 5.21 Å². The maximum atomic E-state index is 12.8. The number of carbonyl (C=O) groups is 2. The van der Waals surface area contributed by atoms with Crippen LogP contribution in [0, 0.1) is 5.92 Å². The second-order valence-electron chi connectivity index (χ2n) is 8.08. The fourth-order valence-corrected chi connectivity index (χ4v) is 3.74. The smallest absolute Gasteiger partial charge is 0.548 e. The number of rotatable bonds is 10. The number of amides is 1. The molecule has 2 aromatic carbocycles. The monoisotopic (exact) mass is 447 g/mol. The third-order valence-corrected chi connectivity index (χ3v) is 5.38. The SMILES string of the molecule is CCCCC(=O)N(Cc1ccc(-c2ccccc2-c2nnn[n-]2)cc1)[C@H](C(=O)[O-])C(C)C.[Li+].[Li+]. The minimum absolute atomic E-state index is 0. The van der Waals surface area contributed by atoms with E-state index in [1.165, 1.54) is 4.90 Å². The average Bonchev–Trinajstić information content (AvgIpc) is 3.32. The minimum Gasteiger partial charge on any atom is -0.548 e. The molecule has 3 rings (SSSR count). The fourth-order valence-electron chi connectivity index (χ4n) is 3.74. The van der Waals surface area contributed by atoms with Crippen molar-refractivity contribution < 1.29 is 52.4 Å². The molecular weight excluding hydrogens is 420 g/mol. The van der Waals surface area contributed by atoms with Crippen molar-refractivity contribution in [1.82, 2.24) is 25.5 Å². The first-order chi connectivity index (χ1) is 15.4. The molecule has 0 saturated heterocycles. The van der Waals surface area contributed by atoms with Gasteiger partial charge in [0.05, 0.1) is 12.0 Å². The minimum atomic E-state index is -1.23. The van der Waals surface area contributed by atoms with Crippen LogP contribution in [-0.2, 0) is 16.1 Å². The summed E-state index contributed by atoms with van der Waals surface area (Å²) in [5.74, 6) is -1.21. The first-order valence-corrected chi connectivity index (χ1v) is 10.8. The molecule has 0 saturated carbocycles. The van der Waals surface area contributed by atoms with E-state index >= 15 is 0 Å². The first-order valence-electron chi connectivity index (χ1n) is 10.8. The zero-order chi connectivity index (χ0) is 23.1. The first kappa shape index (κ1) is 29.7. The van der Waals surface area contributed by atoms with E-state index in [1.807, 2.05) is 55.5 Å². The molecular formula is C24H27Li2N5O3. The van der Waals surface area contributed by atoms with Gasteiger partial charge in [0.15, 0.2) is 0 Å². The fraction of sp³-hybridized carbons (Fsp3) is 0.375. The summed E-state index contributed by atoms with van der Waals surface area (Å²) in [7, 11) is 0. The van der Waals surface area contributed by atoms with Crippen molar-refractivity contribution in [2.45, 2.75) is 52.6 Å². The summed E-state index contributed by atoms with van der Waals surface area (Å²) >= 11 is 0. The van der Waals surface area contributed by atoms with Gasteiger partial charge in [-0.25, -0.2) is 0 Å². The molecule has 168 valence electrons. The molecule has 0 aliphatic rings. The Hall–Kier alpha value is -2.36. The predicted octanol–water partition coefficient (Wildman–Crippen LogP) is -3.54. The number of carbonyl (C=O) groups excluding carboxylic acids is 2. The molecule has 0 spiro atoms. The maximum Gasteiger partial charge on any atom is 1.00 e. The predicted molar refractivity (Wildman–Crippen MR) is 118 cm³/mol. The van der Waals surface area contributed by atoms with Gasteiger partial charge in [-0.1, -0.05) is 75.7 Å². The number of aliphatic carboxylic acids is 1. The number of carboxylic acids is 1. The number of tetrazole rings is 1. The molecule has 1 heterocycles. The molecule has 3 aromatic rings. The molecule has 0 fully saturated rings. The van der Waals surface area contributed by atoms with E-state index in [-0.39, 0.29) is 56.1 Å². The Balaban J connectivity index is 0.00000289. The summed E-state index contributed by atoms with van der Waals surface area (Å²) in [4.78, 5) is 26.1. The molecule has 34 heavy (non-hydrogen) atoms. The summed E-state index contributed by atoms with van der Waals surface area (Å²) in [5.41, 5.74) is 3.53. The third-order valence-electron chi connectivity index (χ3n) is 5.38. The van der Waals surface area contributed by atoms with Gasteiger partial charge in [0, 0.05) is 18.8 Å². The topological polar surface area (TPSA) is 113 Å². The number of aromatic nitrogens is 4. The molecule has 0 radical (unpaired) electrons. The van der Waals surface area contributed by atoms with Gasteiger partial charge >= 0.3 is 37.7 Å². The maximum absolute atomic E-state index is 12.8. The second-order valence-corrected chi connectivity index (χ2v) is 8.08. The van der Waals surface area contributed by atoms with Gasteiger partial charge < -0.3 is 19.9 Å². The van der Waals surface area contributed by atoms with Crippen molar-refractivity contribution in [3.63, 3.8) is 0 Å². The van der Waals surface area contributed by atoms with Crippen molar-refractivity contribution >= 4 is 11.9 Å². The Kier molecular flexibility index (Phi) is 12.3. The molecule has 0 N–H and O–H groups in total. The quantitative estimate of drug-likeness (QED) is 0.296. The molecule has 0 bridgehead atoms. The zero-order valence-electron chi connectivity index (χ0n) is 20.6. The Morgan fingerprint density at radius 2 is 1.68 bits per heavy atom. The van der Waals surface area contributed by atoms with Crippen molar-refractivity contribution in [1.29, 1.82) is 0 Å². The van der Waals surface area contributed by atoms with Crippen LogP contribution in [0.2, 0.25) is 0 Å². The molecule has 0 unspecified atom stereocenters. The van der Waals surface area contributed by atoms with E-state index in [2.05, 4.69) is 20.6 Å². The van der Waals surface area contributed by atoms with Crippen LogP contribution in [0.4, 0.5) is 0 Å². The summed E-state index contributed by atoms with van der Waals surface area (Å²) in [6.45, 7) is 5.78. The Labute approximate surface area is 224 Å². The van der Waals surface area contributed by atoms with Crippen LogP contribution in [0.1, 0.15) is 45.6 Å². The van der Waals surface area contributed by atoms with Crippen molar-refractivity contribution in [2.24, 2.45) is 5.92 Å². The van der Waals surface area contributed by atoms with Gasteiger partial charge in [0.1, 0.15) is 0 Å². The number of unbranched alkanes of at least 4 members (excludes halogenated alkanes) is 1. The molecule has 8 nitrogen and oxygen atoms in total. The van der Waals surface area contributed by atoms with Crippen LogP contribution in [0.3, 0.4) is 0 Å². The number of benzene rings is 2. The number of nitrogens with zero attached hydrogens (tertiary/aromatic N) is 5.